The summed E-state index contributed by atoms with van der Waals surface area (Å²) in [4.78, 5) is 11.8. The Balaban J connectivity index is 0.00000190. The highest BCUT2D eigenvalue weighted by Gasteiger charge is 2.27. The predicted molar refractivity (Wildman–Crippen MR) is 114 cm³/mol. The zero-order chi connectivity index (χ0) is 21.5. The van der Waals surface area contributed by atoms with E-state index < -0.39 is 17.5 Å². The monoisotopic (exact) mass is 409 g/mol. The fraction of sp³-hybridized carbons (Fsp3) is 0.409. The van der Waals surface area contributed by atoms with Gasteiger partial charge in [-0.25, -0.2) is 9.18 Å². The number of hydrogen-bond acceptors (Lipinski definition) is 3. The molecule has 0 aromatic heterocycles. The van der Waals surface area contributed by atoms with Gasteiger partial charge >= 0.3 is 6.09 Å². The molecule has 0 saturated carbocycles. The summed E-state index contributed by atoms with van der Waals surface area (Å²) in [6.07, 6.45) is 2.79. The fourth-order valence-corrected chi connectivity index (χ4v) is 2.91. The Morgan fingerprint density at radius 2 is 2.07 bits per heavy atom. The lowest BCUT2D eigenvalue weighted by Gasteiger charge is -2.20. The van der Waals surface area contributed by atoms with Crippen LogP contribution < -0.4 is 10.1 Å². The van der Waals surface area contributed by atoms with Crippen LogP contribution in [0.15, 0.2) is 43.3 Å². The van der Waals surface area contributed by atoms with Crippen molar-refractivity contribution < 1.29 is 18.7 Å². The van der Waals surface area contributed by atoms with Gasteiger partial charge in [-0.15, -0.1) is 0 Å². The van der Waals surface area contributed by atoms with Crippen LogP contribution in [0.25, 0.3) is 5.57 Å². The average molecular weight is 410 g/mol. The Hall–Kier alpha value is -2.27. The molecule has 0 aliphatic carbocycles. The van der Waals surface area contributed by atoms with Crippen LogP contribution in [0.4, 0.5) is 9.18 Å². The third-order valence-corrected chi connectivity index (χ3v) is 3.89. The number of halogens is 2. The van der Waals surface area contributed by atoms with Crippen LogP contribution in [0.2, 0.25) is 5.02 Å². The number of alkyl carbamates (subject to hydrolysis) is 1. The lowest BCUT2D eigenvalue weighted by molar-refractivity contribution is 0.0506. The van der Waals surface area contributed by atoms with Crippen molar-refractivity contribution in [3.05, 3.63) is 59.4 Å². The van der Waals surface area contributed by atoms with Crippen molar-refractivity contribution in [2.45, 2.75) is 52.7 Å². The van der Waals surface area contributed by atoms with Gasteiger partial charge in [0.25, 0.3) is 0 Å². The van der Waals surface area contributed by atoms with E-state index in [1.807, 2.05) is 19.9 Å². The Kier molecular flexibility index (Phi) is 8.76. The highest BCUT2D eigenvalue weighted by atomic mass is 35.5. The molecule has 0 radical (unpaired) electrons. The maximum absolute atomic E-state index is 13.7. The molecule has 1 N–H and O–H groups in total. The van der Waals surface area contributed by atoms with E-state index in [2.05, 4.69) is 18.5 Å². The molecule has 154 valence electrons. The molecule has 1 unspecified atom stereocenters. The van der Waals surface area contributed by atoms with E-state index in [-0.39, 0.29) is 12.6 Å². The Morgan fingerprint density at radius 3 is 2.61 bits per heavy atom. The Bertz CT molecular complexity index is 766. The van der Waals surface area contributed by atoms with Crippen molar-refractivity contribution in [3.8, 4) is 5.75 Å². The molecule has 1 amide bonds. The van der Waals surface area contributed by atoms with Gasteiger partial charge in [-0.2, -0.15) is 0 Å². The first-order valence-corrected chi connectivity index (χ1v) is 9.62. The van der Waals surface area contributed by atoms with Gasteiger partial charge in [0.2, 0.25) is 0 Å². The summed E-state index contributed by atoms with van der Waals surface area (Å²) < 4.78 is 24.7. The minimum absolute atomic E-state index is 0.273. The van der Waals surface area contributed by atoms with Gasteiger partial charge in [0, 0.05) is 17.6 Å². The van der Waals surface area contributed by atoms with Gasteiger partial charge in [0.1, 0.15) is 23.3 Å². The first-order chi connectivity index (χ1) is 13.1. The number of allylic oxidation sites excluding steroid dienone is 4. The van der Waals surface area contributed by atoms with Gasteiger partial charge in [-0.1, -0.05) is 50.8 Å². The third-order valence-electron chi connectivity index (χ3n) is 3.61. The number of hydrogen-bond donors (Lipinski definition) is 1. The van der Waals surface area contributed by atoms with Crippen molar-refractivity contribution >= 4 is 23.3 Å². The summed E-state index contributed by atoms with van der Waals surface area (Å²) in [5.74, 6) is -0.0168. The van der Waals surface area contributed by atoms with Crippen LogP contribution in [0.3, 0.4) is 0 Å². The van der Waals surface area contributed by atoms with E-state index in [0.717, 1.165) is 5.56 Å². The van der Waals surface area contributed by atoms with Crippen LogP contribution in [-0.4, -0.2) is 24.3 Å². The standard InChI is InChI=1S/C20H23ClFNO3.C2H6/c1-6-7-16(12(2)22)13-8-14-9-15(25-18(14)17(21)10-13)11-23-19(24)26-20(3,4)5;1-2/h6-8,10,15H,1-2,9,11H2,3-5H3,(H,23,24);1-2H3/b16-7+;. The maximum Gasteiger partial charge on any atom is 0.407 e. The molecule has 0 fully saturated rings. The molecule has 1 atom stereocenters. The molecule has 4 nitrogen and oxygen atoms in total. The second-order valence-electron chi connectivity index (χ2n) is 6.99. The van der Waals surface area contributed by atoms with E-state index in [1.54, 1.807) is 26.8 Å². The zero-order valence-corrected chi connectivity index (χ0v) is 18.0. The van der Waals surface area contributed by atoms with Gasteiger partial charge < -0.3 is 14.8 Å². The van der Waals surface area contributed by atoms with Crippen LogP contribution in [0.1, 0.15) is 45.7 Å². The largest absolute Gasteiger partial charge is 0.486 e. The van der Waals surface area contributed by atoms with Crippen molar-refractivity contribution in [1.29, 1.82) is 0 Å². The average Bonchev–Trinajstić information content (AvgIpc) is 3.01. The minimum Gasteiger partial charge on any atom is -0.486 e. The van der Waals surface area contributed by atoms with Crippen LogP contribution in [0.5, 0.6) is 5.75 Å². The first kappa shape index (κ1) is 23.8. The van der Waals surface area contributed by atoms with Gasteiger partial charge in [-0.3, -0.25) is 0 Å². The summed E-state index contributed by atoms with van der Waals surface area (Å²) in [5.41, 5.74) is 1.20. The molecule has 1 aromatic rings. The SMILES string of the molecule is C=C/C=C(\C(=C)F)c1cc(Cl)c2c(c1)CC(CNC(=O)OC(C)(C)C)O2.CC. The molecule has 28 heavy (non-hydrogen) atoms. The topological polar surface area (TPSA) is 47.6 Å². The van der Waals surface area contributed by atoms with Gasteiger partial charge in [-0.05, 0) is 38.5 Å². The smallest absolute Gasteiger partial charge is 0.407 e. The maximum atomic E-state index is 13.7. The fourth-order valence-electron chi connectivity index (χ4n) is 2.63. The highest BCUT2D eigenvalue weighted by Crippen LogP contribution is 2.39. The number of nitrogens with one attached hydrogen (secondary N) is 1. The molecule has 2 rings (SSSR count). The lowest BCUT2D eigenvalue weighted by Crippen LogP contribution is -2.38. The van der Waals surface area contributed by atoms with Crippen LogP contribution in [0, 0.1) is 0 Å². The van der Waals surface area contributed by atoms with E-state index in [9.17, 15) is 9.18 Å². The number of ether oxygens (including phenoxy) is 2. The molecule has 1 heterocycles. The number of fused-ring (bicyclic) bond motifs is 1. The molecule has 1 aliphatic rings. The number of carbonyl (C=O) groups excluding carboxylic acids is 1. The molecule has 1 aromatic carbocycles. The number of amides is 1. The minimum atomic E-state index is -0.567. The van der Waals surface area contributed by atoms with Crippen molar-refractivity contribution in [3.63, 3.8) is 0 Å². The molecule has 0 bridgehead atoms. The van der Waals surface area contributed by atoms with E-state index in [4.69, 9.17) is 21.1 Å². The van der Waals surface area contributed by atoms with E-state index in [1.165, 1.54) is 12.2 Å². The third kappa shape index (κ3) is 6.71. The Morgan fingerprint density at radius 1 is 1.43 bits per heavy atom. The normalized spacial score (nSPS) is 15.5. The quantitative estimate of drug-likeness (QED) is 0.585. The first-order valence-electron chi connectivity index (χ1n) is 9.24. The molecular weight excluding hydrogens is 381 g/mol. The van der Waals surface area contributed by atoms with E-state index in [0.29, 0.717) is 28.3 Å². The van der Waals surface area contributed by atoms with Gasteiger partial charge in [0.15, 0.2) is 0 Å². The summed E-state index contributed by atoms with van der Waals surface area (Å²) in [6, 6.07) is 3.44. The predicted octanol–water partition coefficient (Wildman–Crippen LogP) is 6.25. The summed E-state index contributed by atoms with van der Waals surface area (Å²) in [5, 5.41) is 3.07. The Labute approximate surface area is 172 Å². The molecule has 6 heteroatoms. The summed E-state index contributed by atoms with van der Waals surface area (Å²) >= 11 is 6.30. The van der Waals surface area contributed by atoms with Crippen molar-refractivity contribution in [2.75, 3.05) is 6.54 Å². The zero-order valence-electron chi connectivity index (χ0n) is 17.2. The summed E-state index contributed by atoms with van der Waals surface area (Å²) in [7, 11) is 0. The lowest BCUT2D eigenvalue weighted by atomic mass is 10.00. The van der Waals surface area contributed by atoms with E-state index >= 15 is 0 Å². The summed E-state index contributed by atoms with van der Waals surface area (Å²) in [6.45, 7) is 16.6. The number of rotatable bonds is 5. The number of carbonyl (C=O) groups is 1. The second kappa shape index (κ2) is 10.3. The molecule has 1 aliphatic heterocycles. The molecule has 0 spiro atoms. The van der Waals surface area contributed by atoms with Gasteiger partial charge in [0.05, 0.1) is 11.6 Å². The van der Waals surface area contributed by atoms with Crippen molar-refractivity contribution in [2.24, 2.45) is 0 Å². The number of benzene rings is 1. The van der Waals surface area contributed by atoms with Crippen LogP contribution >= 0.6 is 11.6 Å². The molecule has 0 saturated heterocycles. The highest BCUT2D eigenvalue weighted by molar-refractivity contribution is 6.32. The molecular formula is C22H29ClFNO3. The van der Waals surface area contributed by atoms with Crippen molar-refractivity contribution in [1.82, 2.24) is 5.32 Å². The van der Waals surface area contributed by atoms with Crippen LogP contribution in [-0.2, 0) is 11.2 Å². The second-order valence-corrected chi connectivity index (χ2v) is 7.40.